The minimum atomic E-state index is -0.129. The summed E-state index contributed by atoms with van der Waals surface area (Å²) in [4.78, 5) is 0. The average molecular weight is 673 g/mol. The lowest BCUT2D eigenvalue weighted by atomic mass is 9.78. The van der Waals surface area contributed by atoms with E-state index in [0.717, 1.165) is 0 Å². The predicted octanol–water partition coefficient (Wildman–Crippen LogP) is 14.8. The molecule has 1 aliphatic carbocycles. The Balaban J connectivity index is 1.31. The zero-order chi connectivity index (χ0) is 35.3. The highest BCUT2D eigenvalue weighted by molar-refractivity contribution is 6.25. The second kappa shape index (κ2) is 11.2. The van der Waals surface area contributed by atoms with Gasteiger partial charge in [-0.1, -0.05) is 178 Å². The molecule has 1 aliphatic rings. The van der Waals surface area contributed by atoms with Crippen molar-refractivity contribution in [3.63, 3.8) is 0 Å². The van der Waals surface area contributed by atoms with Crippen molar-refractivity contribution >= 4 is 53.9 Å². The summed E-state index contributed by atoms with van der Waals surface area (Å²) in [6.45, 7) is 4.79. The first kappa shape index (κ1) is 30.2. The van der Waals surface area contributed by atoms with Gasteiger partial charge >= 0.3 is 0 Å². The molecule has 53 heavy (non-hydrogen) atoms. The smallest absolute Gasteiger partial charge is 0.0159 e. The van der Waals surface area contributed by atoms with Crippen molar-refractivity contribution in [3.8, 4) is 44.5 Å². The summed E-state index contributed by atoms with van der Waals surface area (Å²) in [5.74, 6) is 0. The van der Waals surface area contributed by atoms with Gasteiger partial charge in [0.25, 0.3) is 0 Å². The molecule has 248 valence electrons. The fourth-order valence-corrected chi connectivity index (χ4v) is 9.60. The molecule has 10 aromatic rings. The standard InChI is InChI=1S/C53H36/c1-53(2)48-27-15-14-26-44(48)52-40-23-11-10-22-39(40)47(32-49(52)53)51-42-25-13-12-24-41(42)50(33-16-4-3-5-17-33)43-29-28-35(31-46(43)51)45-30-34-18-6-7-19-36(34)37-20-8-9-21-38(37)45/h3-32H,1-2H3. The maximum atomic E-state index is 2.54. The first-order chi connectivity index (χ1) is 26.1. The summed E-state index contributed by atoms with van der Waals surface area (Å²) in [6, 6.07) is 68.0. The molecule has 0 unspecified atom stereocenters. The molecule has 0 bridgehead atoms. The van der Waals surface area contributed by atoms with Crippen molar-refractivity contribution in [3.05, 3.63) is 193 Å². The SMILES string of the molecule is CC1(C)c2ccccc2-c2c1cc(-c1c3ccccc3c(-c3ccccc3)c3ccc(-c4cc5ccccc5c5ccccc45)cc13)c1ccccc21. The number of benzene rings is 10. The molecule has 0 heteroatoms. The summed E-state index contributed by atoms with van der Waals surface area (Å²) in [6.07, 6.45) is 0. The summed E-state index contributed by atoms with van der Waals surface area (Å²) < 4.78 is 0. The van der Waals surface area contributed by atoms with E-state index in [4.69, 9.17) is 0 Å². The quantitative estimate of drug-likeness (QED) is 0.129. The maximum Gasteiger partial charge on any atom is 0.0159 e. The van der Waals surface area contributed by atoms with E-state index in [1.165, 1.54) is 109 Å². The van der Waals surface area contributed by atoms with Crippen LogP contribution in [0.5, 0.6) is 0 Å². The van der Waals surface area contributed by atoms with Crippen LogP contribution in [0, 0.1) is 0 Å². The molecular weight excluding hydrogens is 637 g/mol. The Kier molecular flexibility index (Phi) is 6.40. The number of hydrogen-bond donors (Lipinski definition) is 0. The Morgan fingerprint density at radius 1 is 0.283 bits per heavy atom. The zero-order valence-corrected chi connectivity index (χ0v) is 29.8. The second-order valence-electron chi connectivity index (χ2n) is 15.2. The van der Waals surface area contributed by atoms with Crippen LogP contribution >= 0.6 is 0 Å². The Hall–Kier alpha value is -6.50. The van der Waals surface area contributed by atoms with Crippen LogP contribution < -0.4 is 0 Å². The van der Waals surface area contributed by atoms with Crippen molar-refractivity contribution in [2.45, 2.75) is 19.3 Å². The number of fused-ring (bicyclic) bond motifs is 10. The third-order valence-electron chi connectivity index (χ3n) is 12.0. The molecule has 11 rings (SSSR count). The van der Waals surface area contributed by atoms with E-state index in [1.807, 2.05) is 0 Å². The van der Waals surface area contributed by atoms with Gasteiger partial charge in [-0.3, -0.25) is 0 Å². The molecule has 0 atom stereocenters. The van der Waals surface area contributed by atoms with Gasteiger partial charge in [-0.25, -0.2) is 0 Å². The lowest BCUT2D eigenvalue weighted by Gasteiger charge is -2.24. The topological polar surface area (TPSA) is 0 Å². The van der Waals surface area contributed by atoms with Crippen molar-refractivity contribution < 1.29 is 0 Å². The van der Waals surface area contributed by atoms with E-state index in [-0.39, 0.29) is 5.41 Å². The van der Waals surface area contributed by atoms with Crippen LogP contribution in [0.1, 0.15) is 25.0 Å². The van der Waals surface area contributed by atoms with Crippen molar-refractivity contribution in [2.24, 2.45) is 0 Å². The summed E-state index contributed by atoms with van der Waals surface area (Å²) in [5, 5.41) is 12.8. The molecule has 10 aromatic carbocycles. The van der Waals surface area contributed by atoms with Crippen LogP contribution in [0.4, 0.5) is 0 Å². The lowest BCUT2D eigenvalue weighted by Crippen LogP contribution is -2.15. The monoisotopic (exact) mass is 672 g/mol. The number of hydrogen-bond acceptors (Lipinski definition) is 0. The minimum absolute atomic E-state index is 0.129. The Morgan fingerprint density at radius 3 is 1.58 bits per heavy atom. The molecular formula is C53H36. The predicted molar refractivity (Wildman–Crippen MR) is 228 cm³/mol. The van der Waals surface area contributed by atoms with Crippen LogP contribution in [0.15, 0.2) is 182 Å². The molecule has 0 N–H and O–H groups in total. The minimum Gasteiger partial charge on any atom is -0.0622 e. The summed E-state index contributed by atoms with van der Waals surface area (Å²) in [5.41, 5.74) is 13.0. The highest BCUT2D eigenvalue weighted by Gasteiger charge is 2.37. The van der Waals surface area contributed by atoms with E-state index in [2.05, 4.69) is 196 Å². The highest BCUT2D eigenvalue weighted by atomic mass is 14.4. The van der Waals surface area contributed by atoms with E-state index < -0.39 is 0 Å². The Morgan fingerprint density at radius 2 is 0.830 bits per heavy atom. The van der Waals surface area contributed by atoms with Crippen molar-refractivity contribution in [2.75, 3.05) is 0 Å². The molecule has 0 spiro atoms. The molecule has 0 saturated heterocycles. The molecule has 0 aromatic heterocycles. The van der Waals surface area contributed by atoms with Gasteiger partial charge in [0.2, 0.25) is 0 Å². The van der Waals surface area contributed by atoms with E-state index in [0.29, 0.717) is 0 Å². The molecule has 0 amide bonds. The lowest BCUT2D eigenvalue weighted by molar-refractivity contribution is 0.661. The summed E-state index contributed by atoms with van der Waals surface area (Å²) in [7, 11) is 0. The zero-order valence-electron chi connectivity index (χ0n) is 29.8. The average Bonchev–Trinajstić information content (AvgIpc) is 3.45. The van der Waals surface area contributed by atoms with Crippen LogP contribution in [-0.4, -0.2) is 0 Å². The van der Waals surface area contributed by atoms with Gasteiger partial charge in [0.15, 0.2) is 0 Å². The second-order valence-corrected chi connectivity index (χ2v) is 15.2. The van der Waals surface area contributed by atoms with E-state index in [1.54, 1.807) is 0 Å². The molecule has 0 saturated carbocycles. The van der Waals surface area contributed by atoms with Crippen LogP contribution in [0.2, 0.25) is 0 Å². The van der Waals surface area contributed by atoms with Gasteiger partial charge in [0, 0.05) is 5.41 Å². The fourth-order valence-electron chi connectivity index (χ4n) is 9.60. The van der Waals surface area contributed by atoms with Crippen molar-refractivity contribution in [1.29, 1.82) is 0 Å². The molecule has 0 heterocycles. The molecule has 0 radical (unpaired) electrons. The largest absolute Gasteiger partial charge is 0.0622 e. The van der Waals surface area contributed by atoms with Gasteiger partial charge in [-0.2, -0.15) is 0 Å². The van der Waals surface area contributed by atoms with E-state index >= 15 is 0 Å². The normalized spacial score (nSPS) is 13.2. The Labute approximate surface area is 309 Å². The molecule has 0 fully saturated rings. The highest BCUT2D eigenvalue weighted by Crippen LogP contribution is 2.55. The van der Waals surface area contributed by atoms with Gasteiger partial charge in [-0.15, -0.1) is 0 Å². The number of rotatable bonds is 3. The molecule has 0 aliphatic heterocycles. The maximum absolute atomic E-state index is 2.54. The van der Waals surface area contributed by atoms with Gasteiger partial charge in [0.05, 0.1) is 0 Å². The van der Waals surface area contributed by atoms with Crippen LogP contribution in [0.25, 0.3) is 98.4 Å². The first-order valence-electron chi connectivity index (χ1n) is 18.7. The summed E-state index contributed by atoms with van der Waals surface area (Å²) >= 11 is 0. The fraction of sp³-hybridized carbons (Fsp3) is 0.0566. The van der Waals surface area contributed by atoms with Gasteiger partial charge in [0.1, 0.15) is 0 Å². The third kappa shape index (κ3) is 4.30. The van der Waals surface area contributed by atoms with Crippen LogP contribution in [0.3, 0.4) is 0 Å². The van der Waals surface area contributed by atoms with Gasteiger partial charge < -0.3 is 0 Å². The van der Waals surface area contributed by atoms with Crippen LogP contribution in [-0.2, 0) is 5.41 Å². The van der Waals surface area contributed by atoms with E-state index in [9.17, 15) is 0 Å². The first-order valence-corrected chi connectivity index (χ1v) is 18.7. The Bertz CT molecular complexity index is 3120. The third-order valence-corrected chi connectivity index (χ3v) is 12.0. The van der Waals surface area contributed by atoms with Crippen molar-refractivity contribution in [1.82, 2.24) is 0 Å². The molecule has 0 nitrogen and oxygen atoms in total. The van der Waals surface area contributed by atoms with Gasteiger partial charge in [-0.05, 0) is 128 Å².